The Labute approximate surface area is 88.1 Å². The van der Waals surface area contributed by atoms with Crippen molar-refractivity contribution in [1.29, 1.82) is 0 Å². The molecule has 2 unspecified atom stereocenters. The van der Waals surface area contributed by atoms with Gasteiger partial charge in [0.2, 0.25) is 0 Å². The normalized spacial score (nSPS) is 31.1. The van der Waals surface area contributed by atoms with Gasteiger partial charge in [-0.3, -0.25) is 0 Å². The van der Waals surface area contributed by atoms with Crippen molar-refractivity contribution >= 4 is 0 Å². The number of hydrogen-bond acceptors (Lipinski definition) is 2. The third-order valence-electron chi connectivity index (χ3n) is 3.27. The first-order chi connectivity index (χ1) is 6.66. The second kappa shape index (κ2) is 5.72. The zero-order chi connectivity index (χ0) is 10.4. The lowest BCUT2D eigenvalue weighted by Gasteiger charge is -2.29. The summed E-state index contributed by atoms with van der Waals surface area (Å²) in [5, 5.41) is 13.8. The van der Waals surface area contributed by atoms with Gasteiger partial charge in [0.05, 0.1) is 5.60 Å². The van der Waals surface area contributed by atoms with Gasteiger partial charge in [-0.25, -0.2) is 0 Å². The highest BCUT2D eigenvalue weighted by atomic mass is 16.3. The van der Waals surface area contributed by atoms with E-state index in [1.165, 1.54) is 12.8 Å². The summed E-state index contributed by atoms with van der Waals surface area (Å²) < 4.78 is 0. The van der Waals surface area contributed by atoms with Crippen LogP contribution < -0.4 is 5.32 Å². The molecule has 2 heteroatoms. The second-order valence-electron chi connectivity index (χ2n) is 4.93. The van der Waals surface area contributed by atoms with Crippen LogP contribution in [0.2, 0.25) is 0 Å². The zero-order valence-corrected chi connectivity index (χ0v) is 9.68. The first-order valence-corrected chi connectivity index (χ1v) is 6.09. The molecule has 0 aromatic rings. The molecule has 0 saturated carbocycles. The Morgan fingerprint density at radius 2 is 2.14 bits per heavy atom. The van der Waals surface area contributed by atoms with Crippen LogP contribution in [-0.4, -0.2) is 23.8 Å². The van der Waals surface area contributed by atoms with Crippen LogP contribution in [0.25, 0.3) is 0 Å². The van der Waals surface area contributed by atoms with Crippen LogP contribution in [0.1, 0.15) is 52.4 Å². The topological polar surface area (TPSA) is 32.3 Å². The molecule has 2 nitrogen and oxygen atoms in total. The molecule has 0 amide bonds. The molecule has 0 aromatic carbocycles. The van der Waals surface area contributed by atoms with Gasteiger partial charge in [-0.2, -0.15) is 0 Å². The van der Waals surface area contributed by atoms with Crippen molar-refractivity contribution < 1.29 is 5.11 Å². The van der Waals surface area contributed by atoms with E-state index >= 15 is 0 Å². The van der Waals surface area contributed by atoms with Crippen LogP contribution in [0.5, 0.6) is 0 Å². The number of nitrogens with one attached hydrogen (secondary N) is 1. The minimum atomic E-state index is -0.377. The summed E-state index contributed by atoms with van der Waals surface area (Å²) in [6.07, 6.45) is 6.50. The van der Waals surface area contributed by atoms with E-state index in [1.54, 1.807) is 0 Å². The summed E-state index contributed by atoms with van der Waals surface area (Å²) in [5.74, 6) is 0.670. The van der Waals surface area contributed by atoms with Crippen molar-refractivity contribution in [2.24, 2.45) is 5.92 Å². The third kappa shape index (κ3) is 3.97. The van der Waals surface area contributed by atoms with E-state index in [4.69, 9.17) is 0 Å². The Bertz CT molecular complexity index is 150. The van der Waals surface area contributed by atoms with Gasteiger partial charge in [-0.05, 0) is 44.7 Å². The van der Waals surface area contributed by atoms with Gasteiger partial charge in [0, 0.05) is 0 Å². The Morgan fingerprint density at radius 1 is 1.36 bits per heavy atom. The highest BCUT2D eigenvalue weighted by Crippen LogP contribution is 2.28. The van der Waals surface area contributed by atoms with E-state index in [9.17, 15) is 5.11 Å². The molecule has 14 heavy (non-hydrogen) atoms. The summed E-state index contributed by atoms with van der Waals surface area (Å²) in [5.41, 5.74) is -0.377. The molecule has 1 saturated heterocycles. The molecule has 84 valence electrons. The van der Waals surface area contributed by atoms with Crippen LogP contribution in [0.3, 0.4) is 0 Å². The van der Waals surface area contributed by atoms with E-state index in [0.29, 0.717) is 5.92 Å². The Hall–Kier alpha value is -0.0800. The average molecular weight is 199 g/mol. The molecule has 1 aliphatic heterocycles. The number of aliphatic hydroxyl groups is 1. The van der Waals surface area contributed by atoms with E-state index in [0.717, 1.165) is 38.8 Å². The third-order valence-corrected chi connectivity index (χ3v) is 3.27. The SMILES string of the molecule is CCCC(C)CC1(O)CCCNCC1. The number of rotatable bonds is 4. The standard InChI is InChI=1S/C12H25NO/c1-3-5-11(2)10-12(14)6-4-8-13-9-7-12/h11,13-14H,3-10H2,1-2H3. The summed E-state index contributed by atoms with van der Waals surface area (Å²) >= 11 is 0. The molecular formula is C12H25NO. The molecule has 1 aliphatic rings. The molecule has 1 heterocycles. The first-order valence-electron chi connectivity index (χ1n) is 6.09. The molecule has 0 spiro atoms. The van der Waals surface area contributed by atoms with E-state index < -0.39 is 0 Å². The minimum Gasteiger partial charge on any atom is -0.390 e. The molecule has 0 radical (unpaired) electrons. The average Bonchev–Trinajstić information content (AvgIpc) is 2.30. The zero-order valence-electron chi connectivity index (χ0n) is 9.68. The van der Waals surface area contributed by atoms with Crippen molar-refractivity contribution in [2.45, 2.75) is 58.0 Å². The maximum Gasteiger partial charge on any atom is 0.0662 e. The Morgan fingerprint density at radius 3 is 2.86 bits per heavy atom. The molecule has 0 aliphatic carbocycles. The molecule has 2 atom stereocenters. The van der Waals surface area contributed by atoms with Crippen LogP contribution in [0.4, 0.5) is 0 Å². The second-order valence-corrected chi connectivity index (χ2v) is 4.93. The molecule has 2 N–H and O–H groups in total. The largest absolute Gasteiger partial charge is 0.390 e. The van der Waals surface area contributed by atoms with E-state index in [2.05, 4.69) is 19.2 Å². The summed E-state index contributed by atoms with van der Waals surface area (Å²) in [4.78, 5) is 0. The van der Waals surface area contributed by atoms with E-state index in [1.807, 2.05) is 0 Å². The van der Waals surface area contributed by atoms with Crippen LogP contribution in [0, 0.1) is 5.92 Å². The van der Waals surface area contributed by atoms with Gasteiger partial charge in [0.25, 0.3) is 0 Å². The molecule has 0 bridgehead atoms. The quantitative estimate of drug-likeness (QED) is 0.728. The van der Waals surface area contributed by atoms with Crippen molar-refractivity contribution in [2.75, 3.05) is 13.1 Å². The monoisotopic (exact) mass is 199 g/mol. The van der Waals surface area contributed by atoms with Gasteiger partial charge >= 0.3 is 0 Å². The summed E-state index contributed by atoms with van der Waals surface area (Å²) in [7, 11) is 0. The van der Waals surface area contributed by atoms with Crippen molar-refractivity contribution in [1.82, 2.24) is 5.32 Å². The van der Waals surface area contributed by atoms with Gasteiger partial charge in [-0.15, -0.1) is 0 Å². The predicted molar refractivity (Wildman–Crippen MR) is 60.4 cm³/mol. The predicted octanol–water partition coefficient (Wildman–Crippen LogP) is 2.32. The summed E-state index contributed by atoms with van der Waals surface area (Å²) in [6, 6.07) is 0. The van der Waals surface area contributed by atoms with Crippen molar-refractivity contribution in [3.05, 3.63) is 0 Å². The lowest BCUT2D eigenvalue weighted by atomic mass is 9.84. The van der Waals surface area contributed by atoms with Crippen LogP contribution >= 0.6 is 0 Å². The Kier molecular flexibility index (Phi) is 4.90. The highest BCUT2D eigenvalue weighted by molar-refractivity contribution is 4.83. The first kappa shape index (κ1) is 12.0. The fourth-order valence-corrected chi connectivity index (χ4v) is 2.56. The number of hydrogen-bond donors (Lipinski definition) is 2. The van der Waals surface area contributed by atoms with Crippen molar-refractivity contribution in [3.63, 3.8) is 0 Å². The molecule has 1 rings (SSSR count). The van der Waals surface area contributed by atoms with Crippen molar-refractivity contribution in [3.8, 4) is 0 Å². The smallest absolute Gasteiger partial charge is 0.0662 e. The molecular weight excluding hydrogens is 174 g/mol. The molecule has 0 aromatic heterocycles. The van der Waals surface area contributed by atoms with Gasteiger partial charge < -0.3 is 10.4 Å². The van der Waals surface area contributed by atoms with Gasteiger partial charge in [0.1, 0.15) is 0 Å². The molecule has 1 fully saturated rings. The van der Waals surface area contributed by atoms with E-state index in [-0.39, 0.29) is 5.60 Å². The lowest BCUT2D eigenvalue weighted by molar-refractivity contribution is 0.00518. The summed E-state index contributed by atoms with van der Waals surface area (Å²) in [6.45, 7) is 6.54. The Balaban J connectivity index is 2.37. The maximum atomic E-state index is 10.4. The lowest BCUT2D eigenvalue weighted by Crippen LogP contribution is -2.32. The fourth-order valence-electron chi connectivity index (χ4n) is 2.56. The highest BCUT2D eigenvalue weighted by Gasteiger charge is 2.29. The van der Waals surface area contributed by atoms with Gasteiger partial charge in [0.15, 0.2) is 0 Å². The van der Waals surface area contributed by atoms with Gasteiger partial charge in [-0.1, -0.05) is 26.7 Å². The van der Waals surface area contributed by atoms with Crippen LogP contribution in [-0.2, 0) is 0 Å². The minimum absolute atomic E-state index is 0.377. The van der Waals surface area contributed by atoms with Crippen LogP contribution in [0.15, 0.2) is 0 Å². The fraction of sp³-hybridized carbons (Fsp3) is 1.00. The maximum absolute atomic E-state index is 10.4.